The highest BCUT2D eigenvalue weighted by Gasteiger charge is 2.05. The summed E-state index contributed by atoms with van der Waals surface area (Å²) in [6.07, 6.45) is 7.13. The summed E-state index contributed by atoms with van der Waals surface area (Å²) in [5.74, 6) is 0.0685. The van der Waals surface area contributed by atoms with Gasteiger partial charge in [-0.3, -0.25) is 9.36 Å². The van der Waals surface area contributed by atoms with E-state index in [2.05, 4.69) is 20.8 Å². The number of nitrogens with zero attached hydrogens (tertiary/aromatic N) is 3. The zero-order valence-electron chi connectivity index (χ0n) is 9.81. The second-order valence-electron chi connectivity index (χ2n) is 3.44. The summed E-state index contributed by atoms with van der Waals surface area (Å²) in [5, 5.41) is 6.07. The highest BCUT2D eigenvalue weighted by molar-refractivity contribution is 5.85. The Balaban J connectivity index is 1.71. The van der Waals surface area contributed by atoms with Gasteiger partial charge >= 0.3 is 6.03 Å². The molecule has 2 aromatic rings. The van der Waals surface area contributed by atoms with Crippen LogP contribution in [-0.4, -0.2) is 34.2 Å². The van der Waals surface area contributed by atoms with Crippen LogP contribution in [0.4, 0.5) is 4.79 Å². The van der Waals surface area contributed by atoms with Crippen molar-refractivity contribution in [2.45, 2.75) is 0 Å². The minimum Gasteiger partial charge on any atom is -0.463 e. The van der Waals surface area contributed by atoms with Gasteiger partial charge in [0.15, 0.2) is 0 Å². The van der Waals surface area contributed by atoms with Crippen molar-refractivity contribution in [2.75, 3.05) is 6.54 Å². The molecule has 8 heteroatoms. The molecule has 2 heterocycles. The third kappa shape index (κ3) is 3.80. The average Bonchev–Trinajstić information content (AvgIpc) is 3.08. The normalized spacial score (nSPS) is 10.5. The molecule has 98 valence electrons. The van der Waals surface area contributed by atoms with Gasteiger partial charge in [0.2, 0.25) is 0 Å². The van der Waals surface area contributed by atoms with Crippen LogP contribution < -0.4 is 10.7 Å². The van der Waals surface area contributed by atoms with E-state index in [1.807, 2.05) is 0 Å². The van der Waals surface area contributed by atoms with Crippen molar-refractivity contribution in [3.8, 4) is 0 Å². The third-order valence-corrected chi connectivity index (χ3v) is 2.06. The molecule has 19 heavy (non-hydrogen) atoms. The number of furan rings is 1. The fraction of sp³-hybridized carbons (Fsp3) is 0.0909. The van der Waals surface area contributed by atoms with Gasteiger partial charge in [-0.1, -0.05) is 0 Å². The quantitative estimate of drug-likeness (QED) is 0.605. The maximum atomic E-state index is 11.4. The lowest BCUT2D eigenvalue weighted by atomic mass is 10.5. The van der Waals surface area contributed by atoms with Gasteiger partial charge < -0.3 is 9.73 Å². The largest absolute Gasteiger partial charge is 0.463 e. The second kappa shape index (κ2) is 6.15. The standard InChI is InChI=1S/C11H11N5O3/c17-10(15-14-6-9-2-1-5-19-9)7-13-11(18)16-4-3-12-8-16/h1-6,8H,7H2,(H,13,18)(H,15,17)/b14-6-. The zero-order valence-corrected chi connectivity index (χ0v) is 9.81. The maximum absolute atomic E-state index is 11.4. The average molecular weight is 261 g/mol. The zero-order chi connectivity index (χ0) is 13.5. The SMILES string of the molecule is O=C(CNC(=O)n1ccnc1)N/N=C\c1ccco1. The highest BCUT2D eigenvalue weighted by Crippen LogP contribution is 1.94. The van der Waals surface area contributed by atoms with Crippen LogP contribution in [0, 0.1) is 0 Å². The van der Waals surface area contributed by atoms with E-state index in [0.717, 1.165) is 0 Å². The van der Waals surface area contributed by atoms with Crippen molar-refractivity contribution in [2.24, 2.45) is 5.10 Å². The van der Waals surface area contributed by atoms with Crippen LogP contribution in [0.15, 0.2) is 46.6 Å². The van der Waals surface area contributed by atoms with Gasteiger partial charge in [-0.15, -0.1) is 0 Å². The minimum atomic E-state index is -0.448. The molecule has 0 aliphatic heterocycles. The molecule has 0 spiro atoms. The number of amides is 2. The monoisotopic (exact) mass is 261 g/mol. The van der Waals surface area contributed by atoms with Crippen molar-refractivity contribution >= 4 is 18.2 Å². The molecule has 0 aliphatic rings. The summed E-state index contributed by atoms with van der Waals surface area (Å²) in [4.78, 5) is 26.5. The molecule has 0 aromatic carbocycles. The smallest absolute Gasteiger partial charge is 0.327 e. The summed E-state index contributed by atoms with van der Waals surface area (Å²) in [5.41, 5.74) is 2.25. The fourth-order valence-electron chi connectivity index (χ4n) is 1.20. The van der Waals surface area contributed by atoms with Gasteiger partial charge in [0.1, 0.15) is 18.6 Å². The molecule has 0 atom stereocenters. The van der Waals surface area contributed by atoms with Crippen LogP contribution in [0.25, 0.3) is 0 Å². The first-order valence-corrected chi connectivity index (χ1v) is 5.37. The molecular formula is C11H11N5O3. The number of rotatable bonds is 4. The van der Waals surface area contributed by atoms with Gasteiger partial charge in [-0.05, 0) is 12.1 Å². The van der Waals surface area contributed by atoms with Gasteiger partial charge in [-0.2, -0.15) is 5.10 Å². The molecular weight excluding hydrogens is 250 g/mol. The van der Waals surface area contributed by atoms with Crippen LogP contribution in [-0.2, 0) is 4.79 Å². The summed E-state index contributed by atoms with van der Waals surface area (Å²) in [6, 6.07) is 2.95. The molecule has 0 unspecified atom stereocenters. The lowest BCUT2D eigenvalue weighted by molar-refractivity contribution is -0.120. The Morgan fingerprint density at radius 3 is 3.11 bits per heavy atom. The number of hydrogen-bond donors (Lipinski definition) is 2. The predicted octanol–water partition coefficient (Wildman–Crippen LogP) is 0.184. The summed E-state index contributed by atoms with van der Waals surface area (Å²) in [7, 11) is 0. The molecule has 0 radical (unpaired) electrons. The van der Waals surface area contributed by atoms with E-state index in [-0.39, 0.29) is 6.54 Å². The molecule has 0 bridgehead atoms. The van der Waals surface area contributed by atoms with Crippen molar-refractivity contribution in [3.63, 3.8) is 0 Å². The number of hydrogen-bond acceptors (Lipinski definition) is 5. The first kappa shape index (κ1) is 12.6. The van der Waals surface area contributed by atoms with Crippen LogP contribution >= 0.6 is 0 Å². The first-order chi connectivity index (χ1) is 9.25. The Kier molecular flexibility index (Phi) is 4.06. The van der Waals surface area contributed by atoms with E-state index in [4.69, 9.17) is 4.42 Å². The number of nitrogens with one attached hydrogen (secondary N) is 2. The lowest BCUT2D eigenvalue weighted by Crippen LogP contribution is -2.36. The van der Waals surface area contributed by atoms with Crippen molar-refractivity contribution in [1.82, 2.24) is 20.3 Å². The van der Waals surface area contributed by atoms with E-state index in [1.54, 1.807) is 12.1 Å². The molecule has 2 amide bonds. The Morgan fingerprint density at radius 2 is 2.42 bits per heavy atom. The maximum Gasteiger partial charge on any atom is 0.327 e. The van der Waals surface area contributed by atoms with E-state index in [0.29, 0.717) is 5.76 Å². The number of carbonyl (C=O) groups is 2. The van der Waals surface area contributed by atoms with E-state index in [9.17, 15) is 9.59 Å². The fourth-order valence-corrected chi connectivity index (χ4v) is 1.20. The number of aromatic nitrogens is 2. The van der Waals surface area contributed by atoms with E-state index in [1.165, 1.54) is 35.8 Å². The van der Waals surface area contributed by atoms with Crippen LogP contribution in [0.3, 0.4) is 0 Å². The van der Waals surface area contributed by atoms with Gasteiger partial charge in [0, 0.05) is 12.4 Å². The Hall–Kier alpha value is -2.90. The van der Waals surface area contributed by atoms with Crippen molar-refractivity contribution in [3.05, 3.63) is 42.9 Å². The summed E-state index contributed by atoms with van der Waals surface area (Å²) in [6.45, 7) is -0.188. The predicted molar refractivity (Wildman–Crippen MR) is 65.5 cm³/mol. The second-order valence-corrected chi connectivity index (χ2v) is 3.44. The number of hydrazone groups is 1. The molecule has 0 fully saturated rings. The molecule has 8 nitrogen and oxygen atoms in total. The lowest BCUT2D eigenvalue weighted by Gasteiger charge is -2.03. The molecule has 2 aromatic heterocycles. The summed E-state index contributed by atoms with van der Waals surface area (Å²) >= 11 is 0. The highest BCUT2D eigenvalue weighted by atomic mass is 16.3. The molecule has 2 rings (SSSR count). The van der Waals surface area contributed by atoms with Gasteiger partial charge in [0.25, 0.3) is 5.91 Å². The molecule has 0 saturated carbocycles. The van der Waals surface area contributed by atoms with Crippen LogP contribution in [0.1, 0.15) is 5.76 Å². The van der Waals surface area contributed by atoms with Crippen molar-refractivity contribution < 1.29 is 14.0 Å². The first-order valence-electron chi connectivity index (χ1n) is 5.37. The number of imidazole rings is 1. The topological polar surface area (TPSA) is 102 Å². The van der Waals surface area contributed by atoms with E-state index >= 15 is 0 Å². The van der Waals surface area contributed by atoms with Crippen LogP contribution in [0.2, 0.25) is 0 Å². The van der Waals surface area contributed by atoms with E-state index < -0.39 is 11.9 Å². The molecule has 0 saturated heterocycles. The Bertz CT molecular complexity index is 559. The Labute approximate surface area is 108 Å². The van der Waals surface area contributed by atoms with Gasteiger partial charge in [-0.25, -0.2) is 15.2 Å². The van der Waals surface area contributed by atoms with Crippen molar-refractivity contribution in [1.29, 1.82) is 0 Å². The van der Waals surface area contributed by atoms with Crippen LogP contribution in [0.5, 0.6) is 0 Å². The molecule has 2 N–H and O–H groups in total. The minimum absolute atomic E-state index is 0.188. The molecule has 0 aliphatic carbocycles. The number of carbonyl (C=O) groups excluding carboxylic acids is 2. The third-order valence-electron chi connectivity index (χ3n) is 2.06. The summed E-state index contributed by atoms with van der Waals surface area (Å²) < 4.78 is 6.20. The van der Waals surface area contributed by atoms with Gasteiger partial charge in [0.05, 0.1) is 12.5 Å². The Morgan fingerprint density at radius 1 is 1.53 bits per heavy atom.